The first-order valence-corrected chi connectivity index (χ1v) is 7.28. The molecule has 0 spiro atoms. The number of aliphatic hydroxyl groups excluding tert-OH is 2. The maximum Gasteiger partial charge on any atom is 0.161 e. The summed E-state index contributed by atoms with van der Waals surface area (Å²) in [6.07, 6.45) is 1.42. The lowest BCUT2D eigenvalue weighted by Crippen LogP contribution is -2.25. The third-order valence-corrected chi connectivity index (χ3v) is 3.28. The number of hydrogen-bond acceptors (Lipinski definition) is 4. The predicted molar refractivity (Wildman–Crippen MR) is 79.4 cm³/mol. The Hall–Kier alpha value is -1.26. The van der Waals surface area contributed by atoms with Gasteiger partial charge >= 0.3 is 0 Å². The molecule has 0 fully saturated rings. The Balaban J connectivity index is 2.63. The highest BCUT2D eigenvalue weighted by Gasteiger charge is 2.14. The highest BCUT2D eigenvalue weighted by molar-refractivity contribution is 5.43. The number of ether oxygens (including phenoxy) is 2. The molecule has 0 saturated carbocycles. The van der Waals surface area contributed by atoms with Gasteiger partial charge in [0.25, 0.3) is 0 Å². The zero-order chi connectivity index (χ0) is 15.0. The summed E-state index contributed by atoms with van der Waals surface area (Å²) in [6, 6.07) is 5.79. The maximum absolute atomic E-state index is 9.77. The summed E-state index contributed by atoms with van der Waals surface area (Å²) in [5.74, 6) is 1.45. The maximum atomic E-state index is 9.77. The summed E-state index contributed by atoms with van der Waals surface area (Å²) < 4.78 is 10.9. The van der Waals surface area contributed by atoms with Gasteiger partial charge < -0.3 is 19.7 Å². The molecule has 20 heavy (non-hydrogen) atoms. The molecule has 4 heteroatoms. The van der Waals surface area contributed by atoms with E-state index < -0.39 is 12.2 Å². The fourth-order valence-electron chi connectivity index (χ4n) is 1.98. The van der Waals surface area contributed by atoms with Gasteiger partial charge in [0.15, 0.2) is 11.5 Å². The van der Waals surface area contributed by atoms with Crippen LogP contribution in [-0.2, 0) is 6.42 Å². The van der Waals surface area contributed by atoms with Gasteiger partial charge in [-0.05, 0) is 43.4 Å². The van der Waals surface area contributed by atoms with Gasteiger partial charge in [-0.1, -0.05) is 19.9 Å². The van der Waals surface area contributed by atoms with E-state index >= 15 is 0 Å². The quantitative estimate of drug-likeness (QED) is 0.731. The van der Waals surface area contributed by atoms with Crippen molar-refractivity contribution in [2.45, 2.75) is 51.7 Å². The van der Waals surface area contributed by atoms with Crippen molar-refractivity contribution in [1.82, 2.24) is 0 Å². The van der Waals surface area contributed by atoms with E-state index in [0.717, 1.165) is 17.7 Å². The largest absolute Gasteiger partial charge is 0.493 e. The van der Waals surface area contributed by atoms with Crippen molar-refractivity contribution in [3.63, 3.8) is 0 Å². The van der Waals surface area contributed by atoms with Crippen LogP contribution in [0.15, 0.2) is 18.2 Å². The number of aryl methyl sites for hydroxylation is 1. The molecule has 0 heterocycles. The van der Waals surface area contributed by atoms with Gasteiger partial charge in [0.1, 0.15) is 0 Å². The average molecular weight is 282 g/mol. The Kier molecular flexibility index (Phi) is 7.41. The molecule has 0 aliphatic heterocycles. The van der Waals surface area contributed by atoms with E-state index in [9.17, 15) is 10.2 Å². The van der Waals surface area contributed by atoms with Crippen molar-refractivity contribution in [1.29, 1.82) is 0 Å². The molecule has 1 aromatic rings. The number of methoxy groups -OCH3 is 1. The highest BCUT2D eigenvalue weighted by atomic mass is 16.5. The van der Waals surface area contributed by atoms with Crippen molar-refractivity contribution in [2.75, 3.05) is 13.7 Å². The van der Waals surface area contributed by atoms with Crippen LogP contribution in [0.1, 0.15) is 38.7 Å². The van der Waals surface area contributed by atoms with E-state index in [4.69, 9.17) is 9.47 Å². The summed E-state index contributed by atoms with van der Waals surface area (Å²) >= 11 is 0. The zero-order valence-electron chi connectivity index (χ0n) is 12.6. The predicted octanol–water partition coefficient (Wildman–Crippen LogP) is 2.55. The Morgan fingerprint density at radius 3 is 2.45 bits per heavy atom. The average Bonchev–Trinajstić information content (AvgIpc) is 2.49. The van der Waals surface area contributed by atoms with Crippen LogP contribution in [0.4, 0.5) is 0 Å². The van der Waals surface area contributed by atoms with Gasteiger partial charge in [0.2, 0.25) is 0 Å². The Morgan fingerprint density at radius 2 is 1.85 bits per heavy atom. The van der Waals surface area contributed by atoms with E-state index in [0.29, 0.717) is 31.6 Å². The molecule has 114 valence electrons. The minimum absolute atomic E-state index is 0.535. The molecule has 0 aliphatic carbocycles. The van der Waals surface area contributed by atoms with E-state index in [1.807, 2.05) is 25.1 Å². The van der Waals surface area contributed by atoms with Crippen LogP contribution in [0.2, 0.25) is 0 Å². The third kappa shape index (κ3) is 5.02. The van der Waals surface area contributed by atoms with E-state index in [2.05, 4.69) is 6.92 Å². The first kappa shape index (κ1) is 16.8. The fourth-order valence-corrected chi connectivity index (χ4v) is 1.98. The molecule has 0 bridgehead atoms. The first-order valence-electron chi connectivity index (χ1n) is 7.28. The molecule has 0 aromatic heterocycles. The van der Waals surface area contributed by atoms with Crippen LogP contribution >= 0.6 is 0 Å². The van der Waals surface area contributed by atoms with E-state index in [1.54, 1.807) is 7.11 Å². The zero-order valence-corrected chi connectivity index (χ0v) is 12.6. The lowest BCUT2D eigenvalue weighted by Gasteiger charge is -2.16. The second kappa shape index (κ2) is 8.82. The van der Waals surface area contributed by atoms with Crippen molar-refractivity contribution in [3.05, 3.63) is 23.8 Å². The standard InChI is InChI=1S/C16H26O4/c1-4-10-20-15-9-7-12(11-16(15)19-3)6-8-14(18)13(17)5-2/h7,9,11,13-14,17-18H,4-6,8,10H2,1-3H3. The monoisotopic (exact) mass is 282 g/mol. The lowest BCUT2D eigenvalue weighted by atomic mass is 10.0. The minimum Gasteiger partial charge on any atom is -0.493 e. The van der Waals surface area contributed by atoms with Crippen LogP contribution in [-0.4, -0.2) is 36.1 Å². The SMILES string of the molecule is CCCOc1ccc(CCC(O)C(O)CC)cc1OC. The van der Waals surface area contributed by atoms with Crippen molar-refractivity contribution >= 4 is 0 Å². The summed E-state index contributed by atoms with van der Waals surface area (Å²) in [7, 11) is 1.62. The normalized spacial score (nSPS) is 13.8. The topological polar surface area (TPSA) is 58.9 Å². The summed E-state index contributed by atoms with van der Waals surface area (Å²) in [5.41, 5.74) is 1.06. The lowest BCUT2D eigenvalue weighted by molar-refractivity contribution is 0.0130. The van der Waals surface area contributed by atoms with Gasteiger partial charge in [-0.15, -0.1) is 0 Å². The fraction of sp³-hybridized carbons (Fsp3) is 0.625. The summed E-state index contributed by atoms with van der Waals surface area (Å²) in [6.45, 7) is 4.58. The molecule has 0 saturated heterocycles. The van der Waals surface area contributed by atoms with Crippen LogP contribution in [0.25, 0.3) is 0 Å². The Bertz CT molecular complexity index is 392. The third-order valence-electron chi connectivity index (χ3n) is 3.28. The van der Waals surface area contributed by atoms with Crippen LogP contribution in [0, 0.1) is 0 Å². The van der Waals surface area contributed by atoms with Crippen molar-refractivity contribution in [3.8, 4) is 11.5 Å². The molecule has 4 nitrogen and oxygen atoms in total. The summed E-state index contributed by atoms with van der Waals surface area (Å²) in [4.78, 5) is 0. The van der Waals surface area contributed by atoms with Gasteiger partial charge in [-0.25, -0.2) is 0 Å². The molecule has 1 rings (SSSR count). The van der Waals surface area contributed by atoms with Crippen LogP contribution < -0.4 is 9.47 Å². The van der Waals surface area contributed by atoms with E-state index in [-0.39, 0.29) is 0 Å². The van der Waals surface area contributed by atoms with E-state index in [1.165, 1.54) is 0 Å². The van der Waals surface area contributed by atoms with Crippen molar-refractivity contribution < 1.29 is 19.7 Å². The van der Waals surface area contributed by atoms with Gasteiger partial charge in [0, 0.05) is 0 Å². The molecule has 0 radical (unpaired) electrons. The second-order valence-corrected chi connectivity index (χ2v) is 4.92. The van der Waals surface area contributed by atoms with Gasteiger partial charge in [0.05, 0.1) is 25.9 Å². The first-order chi connectivity index (χ1) is 9.62. The molecule has 2 N–H and O–H groups in total. The molecule has 1 aromatic carbocycles. The molecule has 2 unspecified atom stereocenters. The molecule has 0 aliphatic rings. The number of aliphatic hydroxyl groups is 2. The van der Waals surface area contributed by atoms with Gasteiger partial charge in [-0.3, -0.25) is 0 Å². The summed E-state index contributed by atoms with van der Waals surface area (Å²) in [5, 5.41) is 19.3. The Morgan fingerprint density at radius 1 is 1.10 bits per heavy atom. The molecule has 2 atom stereocenters. The Labute approximate surface area is 121 Å². The molecular weight excluding hydrogens is 256 g/mol. The van der Waals surface area contributed by atoms with Gasteiger partial charge in [-0.2, -0.15) is 0 Å². The molecular formula is C16H26O4. The highest BCUT2D eigenvalue weighted by Crippen LogP contribution is 2.28. The molecule has 0 amide bonds. The minimum atomic E-state index is -0.679. The van der Waals surface area contributed by atoms with Crippen LogP contribution in [0.5, 0.6) is 11.5 Å². The number of benzene rings is 1. The van der Waals surface area contributed by atoms with Crippen molar-refractivity contribution in [2.24, 2.45) is 0 Å². The van der Waals surface area contributed by atoms with Crippen LogP contribution in [0.3, 0.4) is 0 Å². The number of hydrogen-bond donors (Lipinski definition) is 2. The second-order valence-electron chi connectivity index (χ2n) is 4.92. The number of rotatable bonds is 9. The smallest absolute Gasteiger partial charge is 0.161 e.